The predicted molar refractivity (Wildman–Crippen MR) is 55.6 cm³/mol. The van der Waals surface area contributed by atoms with Gasteiger partial charge < -0.3 is 5.32 Å². The molecule has 0 saturated carbocycles. The van der Waals surface area contributed by atoms with Crippen LogP contribution in [0.2, 0.25) is 0 Å². The minimum absolute atomic E-state index is 0.525. The van der Waals surface area contributed by atoms with Crippen LogP contribution in [0.3, 0.4) is 0 Å². The second-order valence-corrected chi connectivity index (χ2v) is 4.02. The lowest BCUT2D eigenvalue weighted by Gasteiger charge is -2.10. The molecule has 12 heavy (non-hydrogen) atoms. The molecular weight excluding hydrogens is 166 g/mol. The topological polar surface area (TPSA) is 12.0 Å². The first kappa shape index (κ1) is 9.75. The molecule has 1 N–H and O–H groups in total. The zero-order valence-electron chi connectivity index (χ0n) is 7.84. The highest BCUT2D eigenvalue weighted by Gasteiger charge is 2.03. The van der Waals surface area contributed by atoms with Crippen LogP contribution in [0.4, 0.5) is 0 Å². The van der Waals surface area contributed by atoms with Crippen LogP contribution in [-0.4, -0.2) is 6.54 Å². The molecule has 0 fully saturated rings. The second kappa shape index (κ2) is 5.33. The minimum atomic E-state index is 0.525. The van der Waals surface area contributed by atoms with Gasteiger partial charge in [0.05, 0.1) is 0 Å². The second-order valence-electron chi connectivity index (χ2n) is 3.04. The van der Waals surface area contributed by atoms with E-state index in [2.05, 4.69) is 36.7 Å². The van der Waals surface area contributed by atoms with Gasteiger partial charge in [-0.3, -0.25) is 0 Å². The first-order valence-electron chi connectivity index (χ1n) is 4.61. The standard InChI is InChI=1S/C10H17NS/c1-3-4-7-11-9(2)10-6-5-8-12-10/h5-6,8-9,11H,3-4,7H2,1-2H3/t9-/m1/s1. The molecule has 0 bridgehead atoms. The molecule has 1 atom stereocenters. The van der Waals surface area contributed by atoms with Crippen molar-refractivity contribution in [3.63, 3.8) is 0 Å². The zero-order valence-corrected chi connectivity index (χ0v) is 8.66. The fraction of sp³-hybridized carbons (Fsp3) is 0.600. The van der Waals surface area contributed by atoms with E-state index in [9.17, 15) is 0 Å². The molecule has 2 heteroatoms. The van der Waals surface area contributed by atoms with Gasteiger partial charge in [0.2, 0.25) is 0 Å². The summed E-state index contributed by atoms with van der Waals surface area (Å²) in [6.45, 7) is 5.58. The van der Waals surface area contributed by atoms with Crippen LogP contribution in [0.15, 0.2) is 17.5 Å². The van der Waals surface area contributed by atoms with Gasteiger partial charge in [-0.05, 0) is 31.3 Å². The van der Waals surface area contributed by atoms with E-state index in [1.807, 2.05) is 11.3 Å². The zero-order chi connectivity index (χ0) is 8.81. The van der Waals surface area contributed by atoms with Gasteiger partial charge >= 0.3 is 0 Å². The first-order chi connectivity index (χ1) is 5.84. The molecule has 0 aromatic carbocycles. The molecule has 0 aliphatic heterocycles. The average molecular weight is 183 g/mol. The fourth-order valence-electron chi connectivity index (χ4n) is 1.13. The molecule has 0 amide bonds. The van der Waals surface area contributed by atoms with Crippen molar-refractivity contribution in [2.24, 2.45) is 0 Å². The fourth-order valence-corrected chi connectivity index (χ4v) is 1.89. The number of hydrogen-bond donors (Lipinski definition) is 1. The van der Waals surface area contributed by atoms with Crippen molar-refractivity contribution < 1.29 is 0 Å². The maximum absolute atomic E-state index is 3.50. The van der Waals surface area contributed by atoms with Crippen molar-refractivity contribution in [1.82, 2.24) is 5.32 Å². The van der Waals surface area contributed by atoms with E-state index < -0.39 is 0 Å². The van der Waals surface area contributed by atoms with Crippen molar-refractivity contribution in [2.45, 2.75) is 32.7 Å². The summed E-state index contributed by atoms with van der Waals surface area (Å²) < 4.78 is 0. The lowest BCUT2D eigenvalue weighted by molar-refractivity contribution is 0.561. The summed E-state index contributed by atoms with van der Waals surface area (Å²) in [5.41, 5.74) is 0. The average Bonchev–Trinajstić information content (AvgIpc) is 2.56. The molecule has 0 spiro atoms. The Kier molecular flexibility index (Phi) is 4.33. The molecular formula is C10H17NS. The van der Waals surface area contributed by atoms with Crippen molar-refractivity contribution in [1.29, 1.82) is 0 Å². The van der Waals surface area contributed by atoms with Gasteiger partial charge in [0, 0.05) is 10.9 Å². The van der Waals surface area contributed by atoms with Gasteiger partial charge in [0.1, 0.15) is 0 Å². The van der Waals surface area contributed by atoms with Gasteiger partial charge in [-0.1, -0.05) is 19.4 Å². The van der Waals surface area contributed by atoms with E-state index in [1.54, 1.807) is 0 Å². The van der Waals surface area contributed by atoms with E-state index in [-0.39, 0.29) is 0 Å². The minimum Gasteiger partial charge on any atom is -0.309 e. The number of thiophene rings is 1. The van der Waals surface area contributed by atoms with E-state index in [4.69, 9.17) is 0 Å². The van der Waals surface area contributed by atoms with Crippen LogP contribution in [0.5, 0.6) is 0 Å². The van der Waals surface area contributed by atoms with Crippen LogP contribution in [0.25, 0.3) is 0 Å². The largest absolute Gasteiger partial charge is 0.309 e. The first-order valence-corrected chi connectivity index (χ1v) is 5.49. The molecule has 1 aromatic rings. The predicted octanol–water partition coefficient (Wildman–Crippen LogP) is 3.20. The van der Waals surface area contributed by atoms with Crippen LogP contribution >= 0.6 is 11.3 Å². The highest BCUT2D eigenvalue weighted by Crippen LogP contribution is 2.17. The van der Waals surface area contributed by atoms with Crippen molar-refractivity contribution in [3.05, 3.63) is 22.4 Å². The lowest BCUT2D eigenvalue weighted by atomic mass is 10.2. The molecule has 0 radical (unpaired) electrons. The van der Waals surface area contributed by atoms with Crippen molar-refractivity contribution in [2.75, 3.05) is 6.54 Å². The Labute approximate surface area is 78.8 Å². The molecule has 1 nitrogen and oxygen atoms in total. The Bertz CT molecular complexity index is 194. The van der Waals surface area contributed by atoms with E-state index in [0.717, 1.165) is 6.54 Å². The third-order valence-electron chi connectivity index (χ3n) is 1.95. The Morgan fingerprint density at radius 1 is 1.58 bits per heavy atom. The lowest BCUT2D eigenvalue weighted by Crippen LogP contribution is -2.18. The van der Waals surface area contributed by atoms with Crippen LogP contribution in [0, 0.1) is 0 Å². The summed E-state index contributed by atoms with van der Waals surface area (Å²) in [5, 5.41) is 5.63. The Morgan fingerprint density at radius 2 is 2.42 bits per heavy atom. The van der Waals surface area contributed by atoms with Crippen LogP contribution in [-0.2, 0) is 0 Å². The summed E-state index contributed by atoms with van der Waals surface area (Å²) in [7, 11) is 0. The van der Waals surface area contributed by atoms with Gasteiger partial charge in [0.15, 0.2) is 0 Å². The highest BCUT2D eigenvalue weighted by molar-refractivity contribution is 7.10. The van der Waals surface area contributed by atoms with Gasteiger partial charge in [0.25, 0.3) is 0 Å². The number of nitrogens with one attached hydrogen (secondary N) is 1. The van der Waals surface area contributed by atoms with Crippen LogP contribution < -0.4 is 5.32 Å². The van der Waals surface area contributed by atoms with Gasteiger partial charge in [-0.2, -0.15) is 0 Å². The number of rotatable bonds is 5. The van der Waals surface area contributed by atoms with E-state index in [1.165, 1.54) is 17.7 Å². The molecule has 1 heterocycles. The van der Waals surface area contributed by atoms with Gasteiger partial charge in [-0.15, -0.1) is 11.3 Å². The van der Waals surface area contributed by atoms with E-state index >= 15 is 0 Å². The monoisotopic (exact) mass is 183 g/mol. The Morgan fingerprint density at radius 3 is 3.00 bits per heavy atom. The maximum atomic E-state index is 3.50. The summed E-state index contributed by atoms with van der Waals surface area (Å²) in [5.74, 6) is 0. The summed E-state index contributed by atoms with van der Waals surface area (Å²) in [6.07, 6.45) is 2.54. The van der Waals surface area contributed by atoms with Crippen LogP contribution in [0.1, 0.15) is 37.6 Å². The Balaban J connectivity index is 2.25. The molecule has 0 saturated heterocycles. The van der Waals surface area contributed by atoms with E-state index in [0.29, 0.717) is 6.04 Å². The van der Waals surface area contributed by atoms with Crippen molar-refractivity contribution >= 4 is 11.3 Å². The molecule has 1 rings (SSSR count). The Hall–Kier alpha value is -0.340. The molecule has 1 aromatic heterocycles. The highest BCUT2D eigenvalue weighted by atomic mass is 32.1. The third kappa shape index (κ3) is 2.95. The van der Waals surface area contributed by atoms with Gasteiger partial charge in [-0.25, -0.2) is 0 Å². The molecule has 0 aliphatic rings. The molecule has 0 unspecified atom stereocenters. The number of hydrogen-bond acceptors (Lipinski definition) is 2. The summed E-state index contributed by atoms with van der Waals surface area (Å²) in [6, 6.07) is 4.82. The molecule has 0 aliphatic carbocycles. The normalized spacial score (nSPS) is 13.2. The quantitative estimate of drug-likeness (QED) is 0.691. The third-order valence-corrected chi connectivity index (χ3v) is 3.01. The maximum Gasteiger partial charge on any atom is 0.0386 e. The summed E-state index contributed by atoms with van der Waals surface area (Å²) in [4.78, 5) is 1.44. The molecule has 68 valence electrons. The number of unbranched alkanes of at least 4 members (excludes halogenated alkanes) is 1. The SMILES string of the molecule is CCCCN[C@H](C)c1cccs1. The summed E-state index contributed by atoms with van der Waals surface area (Å²) >= 11 is 1.83. The van der Waals surface area contributed by atoms with Crippen molar-refractivity contribution in [3.8, 4) is 0 Å². The smallest absolute Gasteiger partial charge is 0.0386 e.